The van der Waals surface area contributed by atoms with Crippen LogP contribution in [0.15, 0.2) is 39.6 Å². The quantitative estimate of drug-likeness (QED) is 0.757. The van der Waals surface area contributed by atoms with Crippen molar-refractivity contribution in [2.24, 2.45) is 11.0 Å². The number of thiophene rings is 1. The molecule has 0 radical (unpaired) electrons. The van der Waals surface area contributed by atoms with Gasteiger partial charge in [0.2, 0.25) is 5.91 Å². The Morgan fingerprint density at radius 3 is 2.78 bits per heavy atom. The van der Waals surface area contributed by atoms with Crippen LogP contribution in [0.25, 0.3) is 0 Å². The number of thioether (sulfide) groups is 1. The average molecular weight is 342 g/mol. The predicted molar refractivity (Wildman–Crippen MR) is 97.7 cm³/mol. The van der Waals surface area contributed by atoms with Gasteiger partial charge in [0, 0.05) is 22.8 Å². The predicted octanol–water partition coefficient (Wildman–Crippen LogP) is 4.62. The first-order valence-corrected chi connectivity index (χ1v) is 9.64. The summed E-state index contributed by atoms with van der Waals surface area (Å²) in [5.74, 6) is 1.42. The zero-order chi connectivity index (χ0) is 16.0. The maximum Gasteiger partial charge on any atom is 0.248 e. The number of aryl methyl sites for hydroxylation is 2. The number of amides is 1. The summed E-state index contributed by atoms with van der Waals surface area (Å²) in [7, 11) is 0. The van der Waals surface area contributed by atoms with E-state index in [1.165, 1.54) is 20.2 Å². The molecule has 1 amide bonds. The van der Waals surface area contributed by atoms with Gasteiger partial charge in [-0.1, -0.05) is 17.7 Å². The summed E-state index contributed by atoms with van der Waals surface area (Å²) in [5.41, 5.74) is 4.38. The summed E-state index contributed by atoms with van der Waals surface area (Å²) in [5, 5.41) is 6.39. The first-order valence-electron chi connectivity index (χ1n) is 7.83. The van der Waals surface area contributed by atoms with Crippen LogP contribution < -0.4 is 5.01 Å². The molecule has 0 bridgehead atoms. The third-order valence-electron chi connectivity index (χ3n) is 4.33. The molecule has 118 valence electrons. The number of nitrogens with zero attached hydrogens (tertiary/aromatic N) is 2. The van der Waals surface area contributed by atoms with Gasteiger partial charge in [-0.3, -0.25) is 4.79 Å². The fourth-order valence-corrected chi connectivity index (χ4v) is 5.64. The first-order chi connectivity index (χ1) is 11.1. The molecule has 23 heavy (non-hydrogen) atoms. The lowest BCUT2D eigenvalue weighted by Crippen LogP contribution is -2.37. The minimum atomic E-state index is 0.100. The van der Waals surface area contributed by atoms with Gasteiger partial charge >= 0.3 is 0 Å². The van der Waals surface area contributed by atoms with E-state index in [-0.39, 0.29) is 11.8 Å². The molecular weight excluding hydrogens is 324 g/mol. The smallest absolute Gasteiger partial charge is 0.248 e. The first kappa shape index (κ1) is 15.0. The van der Waals surface area contributed by atoms with Crippen molar-refractivity contribution in [3.05, 3.63) is 46.3 Å². The van der Waals surface area contributed by atoms with E-state index >= 15 is 0 Å². The van der Waals surface area contributed by atoms with Crippen LogP contribution in [0.4, 0.5) is 5.69 Å². The Labute approximate surface area is 144 Å². The lowest BCUT2D eigenvalue weighted by Gasteiger charge is -2.28. The van der Waals surface area contributed by atoms with E-state index in [1.54, 1.807) is 5.01 Å². The molecule has 4 rings (SSSR count). The molecule has 0 spiro atoms. The normalized spacial score (nSPS) is 20.6. The Morgan fingerprint density at radius 2 is 2.00 bits per heavy atom. The maximum absolute atomic E-state index is 12.6. The van der Waals surface area contributed by atoms with Crippen LogP contribution >= 0.6 is 23.1 Å². The molecule has 3 nitrogen and oxygen atoms in total. The Bertz CT molecular complexity index is 792. The van der Waals surface area contributed by atoms with E-state index in [1.807, 2.05) is 54.3 Å². The topological polar surface area (TPSA) is 32.7 Å². The van der Waals surface area contributed by atoms with Crippen molar-refractivity contribution < 1.29 is 4.79 Å². The summed E-state index contributed by atoms with van der Waals surface area (Å²) in [6.07, 6.45) is 1.58. The second-order valence-electron chi connectivity index (χ2n) is 6.12. The van der Waals surface area contributed by atoms with Gasteiger partial charge in [0.1, 0.15) is 0 Å². The van der Waals surface area contributed by atoms with Crippen LogP contribution in [0.2, 0.25) is 0 Å². The molecule has 1 unspecified atom stereocenters. The largest absolute Gasteiger partial charge is 0.273 e. The van der Waals surface area contributed by atoms with Gasteiger partial charge < -0.3 is 0 Å². The summed E-state index contributed by atoms with van der Waals surface area (Å²) in [4.78, 5) is 13.9. The van der Waals surface area contributed by atoms with Gasteiger partial charge in [0.05, 0.1) is 15.6 Å². The summed E-state index contributed by atoms with van der Waals surface area (Å²) >= 11 is 3.74. The molecule has 0 saturated carbocycles. The lowest BCUT2D eigenvalue weighted by molar-refractivity contribution is -0.119. The molecule has 1 atom stereocenters. The van der Waals surface area contributed by atoms with Gasteiger partial charge in [-0.2, -0.15) is 5.10 Å². The van der Waals surface area contributed by atoms with E-state index in [0.717, 1.165) is 23.6 Å². The van der Waals surface area contributed by atoms with Crippen LogP contribution in [0.1, 0.15) is 28.8 Å². The number of benzene rings is 1. The lowest BCUT2D eigenvalue weighted by atomic mass is 9.91. The number of fused-ring (bicyclic) bond motifs is 3. The molecule has 1 aromatic heterocycles. The number of anilines is 1. The highest BCUT2D eigenvalue weighted by molar-refractivity contribution is 8.01. The standard InChI is InChI=1S/C18H18N2OS2/c1-11-3-5-14(6-4-11)20-16(21)10-13-7-8-22-18-15(17(13)19-20)9-12(2)23-18/h3-6,9,13H,7-8,10H2,1-2H3. The highest BCUT2D eigenvalue weighted by Crippen LogP contribution is 2.40. The van der Waals surface area contributed by atoms with Crippen molar-refractivity contribution in [3.8, 4) is 0 Å². The van der Waals surface area contributed by atoms with Gasteiger partial charge in [0.15, 0.2) is 0 Å². The molecule has 0 N–H and O–H groups in total. The third kappa shape index (κ3) is 2.72. The van der Waals surface area contributed by atoms with Gasteiger partial charge in [0.25, 0.3) is 0 Å². The minimum absolute atomic E-state index is 0.100. The number of rotatable bonds is 1. The number of hydrazone groups is 1. The van der Waals surface area contributed by atoms with Crippen molar-refractivity contribution in [3.63, 3.8) is 0 Å². The molecule has 5 heteroatoms. The van der Waals surface area contributed by atoms with Gasteiger partial charge in [-0.05, 0) is 44.2 Å². The van der Waals surface area contributed by atoms with Crippen LogP contribution in [0.3, 0.4) is 0 Å². The zero-order valence-electron chi connectivity index (χ0n) is 13.2. The Morgan fingerprint density at radius 1 is 1.22 bits per heavy atom. The van der Waals surface area contributed by atoms with E-state index in [0.29, 0.717) is 6.42 Å². The Hall–Kier alpha value is -1.59. The monoisotopic (exact) mass is 342 g/mol. The maximum atomic E-state index is 12.6. The fourth-order valence-electron chi connectivity index (χ4n) is 3.11. The highest BCUT2D eigenvalue weighted by Gasteiger charge is 2.34. The SMILES string of the molecule is Cc1ccc(N2N=C3c4cc(C)sc4SCCC3CC2=O)cc1. The number of hydrogen-bond acceptors (Lipinski definition) is 4. The van der Waals surface area contributed by atoms with Crippen molar-refractivity contribution in [1.29, 1.82) is 0 Å². The highest BCUT2D eigenvalue weighted by atomic mass is 32.2. The molecule has 0 aliphatic carbocycles. The number of hydrogen-bond donors (Lipinski definition) is 0. The zero-order valence-corrected chi connectivity index (χ0v) is 14.8. The van der Waals surface area contributed by atoms with Crippen molar-refractivity contribution in [2.75, 3.05) is 10.8 Å². The molecule has 0 saturated heterocycles. The molecule has 2 aliphatic rings. The Balaban J connectivity index is 1.80. The van der Waals surface area contributed by atoms with Crippen molar-refractivity contribution in [2.45, 2.75) is 30.9 Å². The molecule has 0 fully saturated rings. The Kier molecular flexibility index (Phi) is 3.77. The molecule has 2 aliphatic heterocycles. The third-order valence-corrected chi connectivity index (χ3v) is 6.70. The molecule has 2 aromatic rings. The van der Waals surface area contributed by atoms with Crippen molar-refractivity contribution in [1.82, 2.24) is 0 Å². The van der Waals surface area contributed by atoms with E-state index in [9.17, 15) is 4.79 Å². The van der Waals surface area contributed by atoms with Crippen LogP contribution in [-0.4, -0.2) is 17.4 Å². The van der Waals surface area contributed by atoms with Gasteiger partial charge in [-0.25, -0.2) is 5.01 Å². The van der Waals surface area contributed by atoms with Gasteiger partial charge in [-0.15, -0.1) is 23.1 Å². The van der Waals surface area contributed by atoms with Crippen LogP contribution in [-0.2, 0) is 4.79 Å². The van der Waals surface area contributed by atoms with Crippen LogP contribution in [0, 0.1) is 19.8 Å². The van der Waals surface area contributed by atoms with Crippen molar-refractivity contribution >= 4 is 40.4 Å². The molecule has 3 heterocycles. The van der Waals surface area contributed by atoms with E-state index in [2.05, 4.69) is 13.0 Å². The molecule has 1 aromatic carbocycles. The minimum Gasteiger partial charge on any atom is -0.273 e. The summed E-state index contributed by atoms with van der Waals surface area (Å²) < 4.78 is 1.35. The van der Waals surface area contributed by atoms with Crippen LogP contribution in [0.5, 0.6) is 0 Å². The summed E-state index contributed by atoms with van der Waals surface area (Å²) in [6.45, 7) is 4.19. The summed E-state index contributed by atoms with van der Waals surface area (Å²) in [6, 6.07) is 10.2. The molecular formula is C18H18N2OS2. The average Bonchev–Trinajstić information content (AvgIpc) is 2.81. The van der Waals surface area contributed by atoms with E-state index in [4.69, 9.17) is 5.10 Å². The second kappa shape index (κ2) is 5.80. The number of carbonyl (C=O) groups excluding carboxylic acids is 1. The fraction of sp³-hybridized carbons (Fsp3) is 0.333. The second-order valence-corrected chi connectivity index (χ2v) is 8.74. The van der Waals surface area contributed by atoms with E-state index < -0.39 is 0 Å². The number of carbonyl (C=O) groups is 1.